The number of carboxylic acid groups (broad SMARTS) is 1. The summed E-state index contributed by atoms with van der Waals surface area (Å²) in [5, 5.41) is 21.5. The highest BCUT2D eigenvalue weighted by atomic mass is 16.6. The molecule has 0 saturated heterocycles. The number of hydrogen-bond acceptors (Lipinski definition) is 6. The second-order valence-electron chi connectivity index (χ2n) is 6.57. The highest BCUT2D eigenvalue weighted by Gasteiger charge is 2.24. The van der Waals surface area contributed by atoms with Crippen molar-refractivity contribution in [3.8, 4) is 11.5 Å². The molecule has 30 heavy (non-hydrogen) atoms. The largest absolute Gasteiger partial charge is 0.504 e. The lowest BCUT2D eigenvalue weighted by Gasteiger charge is -2.23. The van der Waals surface area contributed by atoms with Crippen LogP contribution >= 0.6 is 0 Å². The van der Waals surface area contributed by atoms with Crippen LogP contribution in [0.5, 0.6) is 11.5 Å². The zero-order chi connectivity index (χ0) is 22.3. The van der Waals surface area contributed by atoms with Crippen molar-refractivity contribution in [2.75, 3.05) is 12.4 Å². The summed E-state index contributed by atoms with van der Waals surface area (Å²) < 4.78 is 10.5. The van der Waals surface area contributed by atoms with Gasteiger partial charge in [0, 0.05) is 23.2 Å². The molecule has 0 aliphatic heterocycles. The lowest BCUT2D eigenvalue weighted by molar-refractivity contribution is -0.131. The number of aromatic hydroxyl groups is 1. The van der Waals surface area contributed by atoms with Crippen LogP contribution in [0, 0.1) is 5.92 Å². The van der Waals surface area contributed by atoms with Gasteiger partial charge in [0.1, 0.15) is 6.10 Å². The van der Waals surface area contributed by atoms with Crippen LogP contribution in [-0.4, -0.2) is 35.2 Å². The van der Waals surface area contributed by atoms with E-state index in [9.17, 15) is 19.5 Å². The number of nitrogens with one attached hydrogen (secondary N) is 1. The smallest absolute Gasteiger partial charge is 0.412 e. The van der Waals surface area contributed by atoms with E-state index in [4.69, 9.17) is 14.6 Å². The predicted molar refractivity (Wildman–Crippen MR) is 110 cm³/mol. The number of rotatable bonds is 8. The summed E-state index contributed by atoms with van der Waals surface area (Å²) in [5.74, 6) is -1.63. The summed E-state index contributed by atoms with van der Waals surface area (Å²) in [6, 6.07) is 10.8. The molecule has 0 aromatic heterocycles. The lowest BCUT2D eigenvalue weighted by atomic mass is 9.96. The van der Waals surface area contributed by atoms with Crippen LogP contribution < -0.4 is 10.1 Å². The van der Waals surface area contributed by atoms with E-state index in [2.05, 4.69) is 5.32 Å². The Bertz CT molecular complexity index is 950. The van der Waals surface area contributed by atoms with E-state index >= 15 is 0 Å². The predicted octanol–water partition coefficient (Wildman–Crippen LogP) is 4.17. The monoisotopic (exact) mass is 413 g/mol. The maximum atomic E-state index is 12.4. The number of phenolic OH excluding ortho intramolecular Hbond substituents is 1. The minimum absolute atomic E-state index is 0.0949. The third-order valence-corrected chi connectivity index (χ3v) is 4.32. The summed E-state index contributed by atoms with van der Waals surface area (Å²) in [4.78, 5) is 34.6. The summed E-state index contributed by atoms with van der Waals surface area (Å²) in [6.07, 6.45) is 0.696. The number of carbonyl (C=O) groups is 3. The summed E-state index contributed by atoms with van der Waals surface area (Å²) in [7, 11) is 1.41. The van der Waals surface area contributed by atoms with Crippen LogP contribution in [0.1, 0.15) is 35.9 Å². The standard InChI is InChI=1S/C22H23NO7/c1-13(4-11-20(26)27)21(16-7-10-19(29-3)18(25)12-16)30-22(28)23-17-8-5-15(6-9-17)14(2)24/h4-13,21,25H,1-3H3,(H,23,28)(H,26,27)/b11-4+/t13-,21+/m1/s1. The topological polar surface area (TPSA) is 122 Å². The van der Waals surface area contributed by atoms with Gasteiger partial charge in [-0.25, -0.2) is 9.59 Å². The maximum absolute atomic E-state index is 12.4. The first-order valence-electron chi connectivity index (χ1n) is 9.08. The Balaban J connectivity index is 2.23. The molecule has 2 atom stereocenters. The average molecular weight is 413 g/mol. The highest BCUT2D eigenvalue weighted by Crippen LogP contribution is 2.34. The molecule has 0 radical (unpaired) electrons. The van der Waals surface area contributed by atoms with Crippen LogP contribution in [0.2, 0.25) is 0 Å². The van der Waals surface area contributed by atoms with Gasteiger partial charge in [-0.15, -0.1) is 0 Å². The van der Waals surface area contributed by atoms with Gasteiger partial charge in [-0.3, -0.25) is 10.1 Å². The molecule has 2 aromatic carbocycles. The molecule has 8 nitrogen and oxygen atoms in total. The van der Waals surface area contributed by atoms with Gasteiger partial charge in [-0.05, 0) is 48.9 Å². The molecule has 2 aromatic rings. The summed E-state index contributed by atoms with van der Waals surface area (Å²) in [6.45, 7) is 3.12. The molecular formula is C22H23NO7. The second-order valence-corrected chi connectivity index (χ2v) is 6.57. The SMILES string of the molecule is COc1ccc([C@@H](OC(=O)Nc2ccc(C(C)=O)cc2)[C@H](C)/C=C/C(=O)O)cc1O. The number of hydrogen-bond donors (Lipinski definition) is 3. The third-order valence-electron chi connectivity index (χ3n) is 4.32. The number of anilines is 1. The molecule has 0 heterocycles. The molecule has 158 valence electrons. The Labute approximate surface area is 173 Å². The maximum Gasteiger partial charge on any atom is 0.412 e. The summed E-state index contributed by atoms with van der Waals surface area (Å²) in [5.41, 5.74) is 1.39. The van der Waals surface area contributed by atoms with E-state index < -0.39 is 24.1 Å². The molecule has 3 N–H and O–H groups in total. The minimum atomic E-state index is -1.13. The van der Waals surface area contributed by atoms with Gasteiger partial charge in [-0.1, -0.05) is 19.1 Å². The summed E-state index contributed by atoms with van der Waals surface area (Å²) >= 11 is 0. The number of phenols is 1. The molecule has 8 heteroatoms. The number of amides is 1. The van der Waals surface area contributed by atoms with Gasteiger partial charge >= 0.3 is 12.1 Å². The highest BCUT2D eigenvalue weighted by molar-refractivity contribution is 5.95. The van der Waals surface area contributed by atoms with Crippen molar-refractivity contribution >= 4 is 23.5 Å². The van der Waals surface area contributed by atoms with Gasteiger partial charge in [0.25, 0.3) is 0 Å². The zero-order valence-electron chi connectivity index (χ0n) is 16.8. The van der Waals surface area contributed by atoms with E-state index in [1.54, 1.807) is 37.3 Å². The van der Waals surface area contributed by atoms with E-state index in [0.29, 0.717) is 16.8 Å². The molecule has 2 rings (SSSR count). The molecule has 0 bridgehead atoms. The fourth-order valence-electron chi connectivity index (χ4n) is 2.75. The van der Waals surface area contributed by atoms with Crippen molar-refractivity contribution in [1.29, 1.82) is 0 Å². The van der Waals surface area contributed by atoms with Crippen LogP contribution in [0.4, 0.5) is 10.5 Å². The number of Topliss-reactive ketones (excluding diaryl/α,β-unsaturated/α-hetero) is 1. The number of ether oxygens (including phenoxy) is 2. The van der Waals surface area contributed by atoms with Crippen molar-refractivity contribution < 1.29 is 34.1 Å². The zero-order valence-corrected chi connectivity index (χ0v) is 16.8. The molecule has 1 amide bonds. The van der Waals surface area contributed by atoms with E-state index in [1.807, 2.05) is 0 Å². The van der Waals surface area contributed by atoms with Crippen molar-refractivity contribution in [3.63, 3.8) is 0 Å². The third kappa shape index (κ3) is 6.10. The molecule has 0 fully saturated rings. The first kappa shape index (κ1) is 22.5. The van der Waals surface area contributed by atoms with Crippen molar-refractivity contribution in [3.05, 3.63) is 65.7 Å². The number of aliphatic carboxylic acids is 1. The Hall–Kier alpha value is -3.81. The molecule has 0 aliphatic rings. The Morgan fingerprint density at radius 2 is 1.77 bits per heavy atom. The van der Waals surface area contributed by atoms with Crippen molar-refractivity contribution in [2.24, 2.45) is 5.92 Å². The fraction of sp³-hybridized carbons (Fsp3) is 0.227. The number of methoxy groups -OCH3 is 1. The molecule has 0 aliphatic carbocycles. The van der Waals surface area contributed by atoms with Gasteiger partial charge in [-0.2, -0.15) is 0 Å². The first-order chi connectivity index (χ1) is 14.2. The Morgan fingerprint density at radius 3 is 2.30 bits per heavy atom. The van der Waals surface area contributed by atoms with E-state index in [0.717, 1.165) is 6.08 Å². The number of ketones is 1. The average Bonchev–Trinajstić information content (AvgIpc) is 2.70. The normalized spacial score (nSPS) is 12.8. The van der Waals surface area contributed by atoms with Crippen LogP contribution in [0.3, 0.4) is 0 Å². The molecular weight excluding hydrogens is 390 g/mol. The molecule has 0 spiro atoms. The van der Waals surface area contributed by atoms with Crippen molar-refractivity contribution in [2.45, 2.75) is 20.0 Å². The van der Waals surface area contributed by atoms with Crippen LogP contribution in [0.25, 0.3) is 0 Å². The van der Waals surface area contributed by atoms with Gasteiger partial charge in [0.15, 0.2) is 17.3 Å². The minimum Gasteiger partial charge on any atom is -0.504 e. The number of benzene rings is 2. The second kappa shape index (κ2) is 10.1. The van der Waals surface area contributed by atoms with E-state index in [-0.39, 0.29) is 17.3 Å². The van der Waals surface area contributed by atoms with Gasteiger partial charge < -0.3 is 19.7 Å². The quantitative estimate of drug-likeness (QED) is 0.438. The fourth-order valence-corrected chi connectivity index (χ4v) is 2.75. The van der Waals surface area contributed by atoms with Crippen molar-refractivity contribution in [1.82, 2.24) is 0 Å². The van der Waals surface area contributed by atoms with Gasteiger partial charge in [0.2, 0.25) is 0 Å². The number of carbonyl (C=O) groups excluding carboxylic acids is 2. The van der Waals surface area contributed by atoms with Crippen LogP contribution in [-0.2, 0) is 9.53 Å². The van der Waals surface area contributed by atoms with E-state index in [1.165, 1.54) is 32.2 Å². The molecule has 0 unspecified atom stereocenters. The number of carboxylic acids is 1. The lowest BCUT2D eigenvalue weighted by Crippen LogP contribution is -2.21. The van der Waals surface area contributed by atoms with Gasteiger partial charge in [0.05, 0.1) is 7.11 Å². The Kier molecular flexibility index (Phi) is 7.57. The Morgan fingerprint density at radius 1 is 1.10 bits per heavy atom. The first-order valence-corrected chi connectivity index (χ1v) is 9.08. The van der Waals surface area contributed by atoms with Crippen LogP contribution in [0.15, 0.2) is 54.6 Å². The molecule has 0 saturated carbocycles.